The van der Waals surface area contributed by atoms with E-state index in [1.807, 2.05) is 56.6 Å². The quantitative estimate of drug-likeness (QED) is 0.507. The number of nitrogens with zero attached hydrogens (tertiary/aromatic N) is 4. The molecule has 2 aromatic rings. The molecule has 1 fully saturated rings. The van der Waals surface area contributed by atoms with Crippen molar-refractivity contribution in [2.75, 3.05) is 45.2 Å². The van der Waals surface area contributed by atoms with Crippen molar-refractivity contribution >= 4 is 23.1 Å². The van der Waals surface area contributed by atoms with Crippen molar-refractivity contribution in [1.82, 2.24) is 20.4 Å². The van der Waals surface area contributed by atoms with Crippen molar-refractivity contribution in [3.05, 3.63) is 113 Å². The second-order valence-electron chi connectivity index (χ2n) is 10.0. The molecule has 1 saturated heterocycles. The van der Waals surface area contributed by atoms with Gasteiger partial charge in [0.1, 0.15) is 24.0 Å². The number of anilines is 1. The lowest BCUT2D eigenvalue weighted by Crippen LogP contribution is -2.51. The van der Waals surface area contributed by atoms with Crippen molar-refractivity contribution in [3.63, 3.8) is 0 Å². The number of likely N-dealkylation sites (N-methyl/N-ethyl adjacent to an activating group) is 1. The van der Waals surface area contributed by atoms with E-state index in [1.165, 1.54) is 0 Å². The summed E-state index contributed by atoms with van der Waals surface area (Å²) in [5.41, 5.74) is 3.23. The van der Waals surface area contributed by atoms with Crippen LogP contribution in [0.5, 0.6) is 0 Å². The SMILES string of the molecule is CN(C)C1=NC(N2CCCN(c3ccccc3Cl)CC2)NC(NC2=CCC=CC(OCc3ccccc3)=C2)=C1. The van der Waals surface area contributed by atoms with Crippen LogP contribution < -0.4 is 15.5 Å². The molecule has 0 aromatic heterocycles. The first-order valence-corrected chi connectivity index (χ1v) is 13.9. The molecular formula is C31H37ClN6O. The van der Waals surface area contributed by atoms with Crippen molar-refractivity contribution in [2.24, 2.45) is 4.99 Å². The minimum atomic E-state index is -0.164. The maximum absolute atomic E-state index is 6.50. The summed E-state index contributed by atoms with van der Waals surface area (Å²) in [6.45, 7) is 4.22. The second-order valence-corrected chi connectivity index (χ2v) is 10.4. The van der Waals surface area contributed by atoms with Gasteiger partial charge in [0, 0.05) is 58.1 Å². The Balaban J connectivity index is 1.25. The van der Waals surface area contributed by atoms with Crippen molar-refractivity contribution in [1.29, 1.82) is 0 Å². The summed E-state index contributed by atoms with van der Waals surface area (Å²) >= 11 is 6.50. The fourth-order valence-corrected chi connectivity index (χ4v) is 5.09. The third-order valence-corrected chi connectivity index (χ3v) is 7.24. The van der Waals surface area contributed by atoms with Crippen LogP contribution in [-0.2, 0) is 11.3 Å². The highest BCUT2D eigenvalue weighted by atomic mass is 35.5. The van der Waals surface area contributed by atoms with Gasteiger partial charge in [-0.2, -0.15) is 0 Å². The van der Waals surface area contributed by atoms with E-state index in [-0.39, 0.29) is 6.29 Å². The van der Waals surface area contributed by atoms with Gasteiger partial charge in [-0.15, -0.1) is 0 Å². The number of allylic oxidation sites excluding steroid dienone is 4. The van der Waals surface area contributed by atoms with E-state index in [2.05, 4.69) is 67.8 Å². The Morgan fingerprint density at radius 2 is 1.85 bits per heavy atom. The molecule has 2 aliphatic heterocycles. The van der Waals surface area contributed by atoms with Crippen LogP contribution in [0.2, 0.25) is 5.02 Å². The van der Waals surface area contributed by atoms with Crippen molar-refractivity contribution in [3.8, 4) is 0 Å². The minimum absolute atomic E-state index is 0.164. The van der Waals surface area contributed by atoms with Gasteiger partial charge in [-0.1, -0.05) is 66.2 Å². The van der Waals surface area contributed by atoms with Gasteiger partial charge in [0.2, 0.25) is 0 Å². The van der Waals surface area contributed by atoms with E-state index in [9.17, 15) is 0 Å². The molecule has 2 heterocycles. The third-order valence-electron chi connectivity index (χ3n) is 6.92. The molecule has 2 N–H and O–H groups in total. The van der Waals surface area contributed by atoms with Gasteiger partial charge < -0.3 is 25.2 Å². The Labute approximate surface area is 236 Å². The fraction of sp³-hybridized carbons (Fsp3) is 0.323. The monoisotopic (exact) mass is 544 g/mol. The van der Waals surface area contributed by atoms with Crippen LogP contribution in [0, 0.1) is 0 Å². The number of benzene rings is 2. The van der Waals surface area contributed by atoms with Crippen molar-refractivity contribution in [2.45, 2.75) is 25.7 Å². The van der Waals surface area contributed by atoms with Crippen molar-refractivity contribution < 1.29 is 4.74 Å². The molecule has 0 amide bonds. The highest BCUT2D eigenvalue weighted by Gasteiger charge is 2.26. The molecule has 5 rings (SSSR count). The average Bonchev–Trinajstić information content (AvgIpc) is 3.33. The predicted octanol–water partition coefficient (Wildman–Crippen LogP) is 5.07. The van der Waals surface area contributed by atoms with Gasteiger partial charge in [0.25, 0.3) is 0 Å². The Morgan fingerprint density at radius 3 is 2.67 bits per heavy atom. The number of amidine groups is 1. The summed E-state index contributed by atoms with van der Waals surface area (Å²) in [6, 6.07) is 18.3. The molecule has 1 atom stereocenters. The van der Waals surface area contributed by atoms with Gasteiger partial charge >= 0.3 is 0 Å². The Bertz CT molecular complexity index is 1280. The number of hydrogen-bond acceptors (Lipinski definition) is 7. The Kier molecular flexibility index (Phi) is 8.91. The lowest BCUT2D eigenvalue weighted by molar-refractivity contribution is 0.188. The van der Waals surface area contributed by atoms with Gasteiger partial charge in [-0.3, -0.25) is 4.90 Å². The molecule has 1 unspecified atom stereocenters. The van der Waals surface area contributed by atoms with Gasteiger partial charge in [0.05, 0.1) is 10.7 Å². The molecule has 1 aliphatic carbocycles. The average molecular weight is 545 g/mol. The molecule has 204 valence electrons. The molecule has 39 heavy (non-hydrogen) atoms. The smallest absolute Gasteiger partial charge is 0.179 e. The molecule has 2 aromatic carbocycles. The number of para-hydroxylation sites is 1. The highest BCUT2D eigenvalue weighted by Crippen LogP contribution is 2.26. The second kappa shape index (κ2) is 12.9. The molecule has 0 radical (unpaired) electrons. The zero-order valence-electron chi connectivity index (χ0n) is 22.7. The topological polar surface area (TPSA) is 55.4 Å². The first-order valence-electron chi connectivity index (χ1n) is 13.5. The van der Waals surface area contributed by atoms with Crippen LogP contribution in [-0.4, -0.2) is 62.2 Å². The van der Waals surface area contributed by atoms with E-state index in [0.717, 1.165) is 78.4 Å². The van der Waals surface area contributed by atoms with Gasteiger partial charge in [-0.25, -0.2) is 4.99 Å². The molecule has 0 bridgehead atoms. The number of rotatable bonds is 7. The number of aliphatic imine (C=N–C) groups is 1. The van der Waals surface area contributed by atoms with E-state index in [1.54, 1.807) is 0 Å². The first-order chi connectivity index (χ1) is 19.0. The number of ether oxygens (including phenoxy) is 1. The van der Waals surface area contributed by atoms with E-state index >= 15 is 0 Å². The van der Waals surface area contributed by atoms with Crippen LogP contribution in [0.4, 0.5) is 5.69 Å². The summed E-state index contributed by atoms with van der Waals surface area (Å²) in [6.07, 6.45) is 12.1. The largest absolute Gasteiger partial charge is 0.489 e. The van der Waals surface area contributed by atoms with E-state index in [4.69, 9.17) is 21.3 Å². The summed E-state index contributed by atoms with van der Waals surface area (Å²) in [7, 11) is 4.06. The van der Waals surface area contributed by atoms with Crippen LogP contribution in [0.3, 0.4) is 0 Å². The molecular weight excluding hydrogens is 508 g/mol. The summed E-state index contributed by atoms with van der Waals surface area (Å²) in [4.78, 5) is 11.9. The highest BCUT2D eigenvalue weighted by molar-refractivity contribution is 6.33. The number of hydrogen-bond donors (Lipinski definition) is 2. The first kappa shape index (κ1) is 26.9. The molecule has 3 aliphatic rings. The summed E-state index contributed by atoms with van der Waals surface area (Å²) < 4.78 is 6.11. The third kappa shape index (κ3) is 7.25. The molecule has 8 heteroatoms. The molecule has 0 spiro atoms. The molecule has 0 saturated carbocycles. The Morgan fingerprint density at radius 1 is 1.03 bits per heavy atom. The van der Waals surface area contributed by atoms with E-state index in [0.29, 0.717) is 6.61 Å². The van der Waals surface area contributed by atoms with Gasteiger partial charge in [-0.05, 0) is 36.6 Å². The zero-order chi connectivity index (χ0) is 27.0. The standard InChI is InChI=1S/C31H37ClN6O/c1-36(2)30-22-29(33-25-13-6-7-14-26(21-25)39-23-24-11-4-3-5-12-24)34-31(35-30)38-18-10-17-37(19-20-38)28-16-9-8-15-27(28)32/h3-5,7-9,11-16,21-22,31,33-34H,6,10,17-20,23H2,1-2H3. The van der Waals surface area contributed by atoms with Crippen LogP contribution in [0.1, 0.15) is 18.4 Å². The van der Waals surface area contributed by atoms with Crippen LogP contribution in [0.15, 0.2) is 107 Å². The Hall–Kier alpha value is -3.68. The maximum Gasteiger partial charge on any atom is 0.179 e. The maximum atomic E-state index is 6.50. The zero-order valence-corrected chi connectivity index (χ0v) is 23.4. The van der Waals surface area contributed by atoms with E-state index < -0.39 is 0 Å². The normalized spacial score (nSPS) is 20.0. The lowest BCUT2D eigenvalue weighted by Gasteiger charge is -2.34. The van der Waals surface area contributed by atoms with Crippen LogP contribution >= 0.6 is 11.6 Å². The lowest BCUT2D eigenvalue weighted by atomic mass is 10.2. The summed E-state index contributed by atoms with van der Waals surface area (Å²) in [5.74, 6) is 2.67. The molecule has 7 nitrogen and oxygen atoms in total. The summed E-state index contributed by atoms with van der Waals surface area (Å²) in [5, 5.41) is 8.02. The van der Waals surface area contributed by atoms with Crippen LogP contribution in [0.25, 0.3) is 0 Å². The minimum Gasteiger partial charge on any atom is -0.489 e. The number of halogens is 1. The fourth-order valence-electron chi connectivity index (χ4n) is 4.84. The van der Waals surface area contributed by atoms with Gasteiger partial charge in [0.15, 0.2) is 6.29 Å². The number of nitrogens with one attached hydrogen (secondary N) is 2. The predicted molar refractivity (Wildman–Crippen MR) is 160 cm³/mol.